The van der Waals surface area contributed by atoms with Crippen molar-refractivity contribution in [2.75, 3.05) is 12.4 Å². The lowest BCUT2D eigenvalue weighted by atomic mass is 10.2. The van der Waals surface area contributed by atoms with Gasteiger partial charge in [0, 0.05) is 12.3 Å². The Morgan fingerprint density at radius 2 is 2.14 bits per heavy atom. The van der Waals surface area contributed by atoms with Gasteiger partial charge >= 0.3 is 5.97 Å². The summed E-state index contributed by atoms with van der Waals surface area (Å²) in [6.07, 6.45) is 2.71. The highest BCUT2D eigenvalue weighted by Gasteiger charge is 2.10. The number of esters is 1. The van der Waals surface area contributed by atoms with Gasteiger partial charge in [-0.3, -0.25) is 14.9 Å². The van der Waals surface area contributed by atoms with E-state index >= 15 is 0 Å². The third-order valence-electron chi connectivity index (χ3n) is 2.48. The fourth-order valence-corrected chi connectivity index (χ4v) is 2.15. The fourth-order valence-electron chi connectivity index (χ4n) is 1.52. The SMILES string of the molecule is CCOC(=O)CSc1nccc(-c2ccc([N+](=O)[O-])cn2)n1. The van der Waals surface area contributed by atoms with E-state index in [0.29, 0.717) is 23.2 Å². The summed E-state index contributed by atoms with van der Waals surface area (Å²) in [6, 6.07) is 4.51. The summed E-state index contributed by atoms with van der Waals surface area (Å²) in [5.74, 6) is -0.222. The van der Waals surface area contributed by atoms with Crippen molar-refractivity contribution >= 4 is 23.4 Å². The third-order valence-corrected chi connectivity index (χ3v) is 3.31. The number of carbonyl (C=O) groups is 1. The fraction of sp³-hybridized carbons (Fsp3) is 0.231. The number of nitro groups is 1. The molecule has 114 valence electrons. The second kappa shape index (κ2) is 7.46. The zero-order valence-corrected chi connectivity index (χ0v) is 12.4. The molecule has 0 fully saturated rings. The van der Waals surface area contributed by atoms with Crippen molar-refractivity contribution in [3.63, 3.8) is 0 Å². The van der Waals surface area contributed by atoms with Crippen LogP contribution < -0.4 is 0 Å². The smallest absolute Gasteiger partial charge is 0.316 e. The second-order valence-electron chi connectivity index (χ2n) is 3.98. The third kappa shape index (κ3) is 4.22. The van der Waals surface area contributed by atoms with E-state index in [0.717, 1.165) is 11.8 Å². The van der Waals surface area contributed by atoms with Crippen LogP contribution in [0.2, 0.25) is 0 Å². The number of nitrogens with zero attached hydrogens (tertiary/aromatic N) is 4. The molecular formula is C13H12N4O4S. The van der Waals surface area contributed by atoms with Crippen molar-refractivity contribution in [2.45, 2.75) is 12.1 Å². The van der Waals surface area contributed by atoms with E-state index in [2.05, 4.69) is 15.0 Å². The Hall–Kier alpha value is -2.55. The van der Waals surface area contributed by atoms with Gasteiger partial charge in [0.2, 0.25) is 0 Å². The maximum absolute atomic E-state index is 11.3. The Morgan fingerprint density at radius 3 is 2.77 bits per heavy atom. The van der Waals surface area contributed by atoms with Crippen molar-refractivity contribution in [1.29, 1.82) is 0 Å². The van der Waals surface area contributed by atoms with Gasteiger partial charge in [-0.1, -0.05) is 11.8 Å². The van der Waals surface area contributed by atoms with Crippen LogP contribution in [0.1, 0.15) is 6.92 Å². The van der Waals surface area contributed by atoms with E-state index in [1.807, 2.05) is 0 Å². The zero-order chi connectivity index (χ0) is 15.9. The number of rotatable bonds is 6. The van der Waals surface area contributed by atoms with Crippen LogP contribution in [-0.4, -0.2) is 38.2 Å². The minimum atomic E-state index is -0.516. The molecule has 0 saturated carbocycles. The highest BCUT2D eigenvalue weighted by Crippen LogP contribution is 2.20. The molecule has 0 radical (unpaired) electrons. The number of aromatic nitrogens is 3. The second-order valence-corrected chi connectivity index (χ2v) is 4.92. The average Bonchev–Trinajstić information content (AvgIpc) is 2.53. The van der Waals surface area contributed by atoms with Gasteiger partial charge in [0.15, 0.2) is 5.16 Å². The molecule has 0 aliphatic rings. The predicted octanol–water partition coefficient (Wildman–Crippen LogP) is 2.10. The van der Waals surface area contributed by atoms with Crippen LogP contribution in [0.3, 0.4) is 0 Å². The molecule has 0 aliphatic heterocycles. The lowest BCUT2D eigenvalue weighted by Gasteiger charge is -2.03. The zero-order valence-electron chi connectivity index (χ0n) is 11.6. The minimum Gasteiger partial charge on any atom is -0.465 e. The molecule has 0 bridgehead atoms. The lowest BCUT2D eigenvalue weighted by Crippen LogP contribution is -2.07. The quantitative estimate of drug-likeness (QED) is 0.262. The molecule has 0 spiro atoms. The first-order valence-electron chi connectivity index (χ1n) is 6.32. The van der Waals surface area contributed by atoms with E-state index < -0.39 is 4.92 Å². The molecular weight excluding hydrogens is 308 g/mol. The Balaban J connectivity index is 2.10. The molecule has 0 atom stereocenters. The van der Waals surface area contributed by atoms with Crippen molar-refractivity contribution < 1.29 is 14.5 Å². The van der Waals surface area contributed by atoms with Crippen molar-refractivity contribution in [3.05, 3.63) is 40.7 Å². The number of hydrogen-bond donors (Lipinski definition) is 0. The average molecular weight is 320 g/mol. The van der Waals surface area contributed by atoms with Crippen LogP contribution in [-0.2, 0) is 9.53 Å². The highest BCUT2D eigenvalue weighted by molar-refractivity contribution is 7.99. The molecule has 2 aromatic rings. The Labute approximate surface area is 130 Å². The van der Waals surface area contributed by atoms with Gasteiger partial charge in [-0.15, -0.1) is 0 Å². The van der Waals surface area contributed by atoms with Gasteiger partial charge in [0.1, 0.15) is 6.20 Å². The molecule has 0 saturated heterocycles. The Morgan fingerprint density at radius 1 is 1.32 bits per heavy atom. The van der Waals surface area contributed by atoms with Gasteiger partial charge in [-0.25, -0.2) is 15.0 Å². The topological polar surface area (TPSA) is 108 Å². The first-order chi connectivity index (χ1) is 10.6. The van der Waals surface area contributed by atoms with Crippen molar-refractivity contribution in [3.8, 4) is 11.4 Å². The Kier molecular flexibility index (Phi) is 5.37. The maximum Gasteiger partial charge on any atom is 0.316 e. The number of ether oxygens (including phenoxy) is 1. The molecule has 0 aliphatic carbocycles. The van der Waals surface area contributed by atoms with Crippen LogP contribution in [0.4, 0.5) is 5.69 Å². The largest absolute Gasteiger partial charge is 0.465 e. The van der Waals surface area contributed by atoms with Gasteiger partial charge in [0.25, 0.3) is 5.69 Å². The first-order valence-corrected chi connectivity index (χ1v) is 7.31. The molecule has 0 unspecified atom stereocenters. The van der Waals surface area contributed by atoms with Gasteiger partial charge in [-0.05, 0) is 19.1 Å². The van der Waals surface area contributed by atoms with Crippen LogP contribution in [0.5, 0.6) is 0 Å². The first kappa shape index (κ1) is 15.8. The lowest BCUT2D eigenvalue weighted by molar-refractivity contribution is -0.385. The van der Waals surface area contributed by atoms with Gasteiger partial charge < -0.3 is 4.74 Å². The summed E-state index contributed by atoms with van der Waals surface area (Å²) in [4.78, 5) is 33.7. The predicted molar refractivity (Wildman–Crippen MR) is 79.3 cm³/mol. The monoisotopic (exact) mass is 320 g/mol. The van der Waals surface area contributed by atoms with Crippen LogP contribution >= 0.6 is 11.8 Å². The summed E-state index contributed by atoms with van der Waals surface area (Å²) >= 11 is 1.15. The number of carbonyl (C=O) groups excluding carboxylic acids is 1. The molecule has 2 heterocycles. The van der Waals surface area contributed by atoms with Gasteiger partial charge in [0.05, 0.1) is 28.7 Å². The van der Waals surface area contributed by atoms with E-state index in [4.69, 9.17) is 4.74 Å². The number of hydrogen-bond acceptors (Lipinski definition) is 8. The Bertz CT molecular complexity index is 678. The van der Waals surface area contributed by atoms with Crippen molar-refractivity contribution in [1.82, 2.24) is 15.0 Å². The molecule has 8 nitrogen and oxygen atoms in total. The molecule has 2 aromatic heterocycles. The van der Waals surface area contributed by atoms with Crippen LogP contribution in [0.25, 0.3) is 11.4 Å². The summed E-state index contributed by atoms with van der Waals surface area (Å²) in [5, 5.41) is 11.0. The number of thioether (sulfide) groups is 1. The van der Waals surface area contributed by atoms with Gasteiger partial charge in [-0.2, -0.15) is 0 Å². The maximum atomic E-state index is 11.3. The van der Waals surface area contributed by atoms with E-state index in [1.54, 1.807) is 19.2 Å². The standard InChI is InChI=1S/C13H12N4O4S/c1-2-21-12(18)8-22-13-14-6-5-11(16-13)10-4-3-9(7-15-10)17(19)20/h3-7H,2,8H2,1H3. The number of pyridine rings is 1. The summed E-state index contributed by atoms with van der Waals surface area (Å²) < 4.78 is 4.82. The molecule has 9 heteroatoms. The summed E-state index contributed by atoms with van der Waals surface area (Å²) in [7, 11) is 0. The highest BCUT2D eigenvalue weighted by atomic mass is 32.2. The molecule has 0 N–H and O–H groups in total. The normalized spacial score (nSPS) is 10.2. The molecule has 22 heavy (non-hydrogen) atoms. The molecule has 0 aromatic carbocycles. The van der Waals surface area contributed by atoms with E-state index in [-0.39, 0.29) is 17.4 Å². The molecule has 0 amide bonds. The molecule has 2 rings (SSSR count). The summed E-state index contributed by atoms with van der Waals surface area (Å²) in [6.45, 7) is 2.06. The minimum absolute atomic E-state index is 0.0882. The van der Waals surface area contributed by atoms with E-state index in [1.165, 1.54) is 18.3 Å². The van der Waals surface area contributed by atoms with Crippen LogP contribution in [0.15, 0.2) is 35.7 Å². The summed E-state index contributed by atoms with van der Waals surface area (Å²) in [5.41, 5.74) is 0.928. The van der Waals surface area contributed by atoms with Crippen molar-refractivity contribution in [2.24, 2.45) is 0 Å². The van der Waals surface area contributed by atoms with E-state index in [9.17, 15) is 14.9 Å². The van der Waals surface area contributed by atoms with Crippen LogP contribution in [0, 0.1) is 10.1 Å².